The summed E-state index contributed by atoms with van der Waals surface area (Å²) in [5.41, 5.74) is -2.29. The summed E-state index contributed by atoms with van der Waals surface area (Å²) in [5.74, 6) is -27.6. The molecular formula is C28H8Br2F14N4O2. The summed E-state index contributed by atoms with van der Waals surface area (Å²) in [5, 5.41) is -0.640. The second kappa shape index (κ2) is 9.94. The average Bonchev–Trinajstić information content (AvgIpc) is 3.40. The highest BCUT2D eigenvalue weighted by Gasteiger charge is 2.74. The number of benzene rings is 3. The van der Waals surface area contributed by atoms with E-state index in [4.69, 9.17) is 0 Å². The lowest BCUT2D eigenvalue weighted by molar-refractivity contribution is -0.351. The lowest BCUT2D eigenvalue weighted by Gasteiger charge is -2.31. The Morgan fingerprint density at radius 2 is 0.840 bits per heavy atom. The maximum atomic E-state index is 14.6. The minimum absolute atomic E-state index is 0.0157. The van der Waals surface area contributed by atoms with Gasteiger partial charge in [0.1, 0.15) is 0 Å². The van der Waals surface area contributed by atoms with Crippen molar-refractivity contribution < 1.29 is 71.1 Å². The number of alkyl halides is 14. The van der Waals surface area contributed by atoms with E-state index in [2.05, 4.69) is 41.8 Å². The highest BCUT2D eigenvalue weighted by molar-refractivity contribution is 9.11. The zero-order valence-corrected chi connectivity index (χ0v) is 26.5. The minimum atomic E-state index is -6.69. The van der Waals surface area contributed by atoms with Gasteiger partial charge in [-0.1, -0.05) is 0 Å². The monoisotopic (exact) mass is 856 g/mol. The van der Waals surface area contributed by atoms with Crippen molar-refractivity contribution in [2.24, 2.45) is 0 Å². The first-order valence-electron chi connectivity index (χ1n) is 13.4. The lowest BCUT2D eigenvalue weighted by atomic mass is 9.92. The van der Waals surface area contributed by atoms with Gasteiger partial charge in [-0.25, -0.2) is 0 Å². The minimum Gasteiger partial charge on any atom is -0.301 e. The van der Waals surface area contributed by atoms with E-state index >= 15 is 0 Å². The van der Waals surface area contributed by atoms with Gasteiger partial charge in [0.25, 0.3) is 11.8 Å². The largest absolute Gasteiger partial charge is 0.459 e. The lowest BCUT2D eigenvalue weighted by Crippen LogP contribution is -2.57. The topological polar surface area (TPSA) is 66.4 Å². The molecule has 0 saturated heterocycles. The van der Waals surface area contributed by atoms with E-state index in [1.165, 1.54) is 0 Å². The first-order chi connectivity index (χ1) is 22.8. The molecule has 2 aliphatic heterocycles. The van der Waals surface area contributed by atoms with Crippen LogP contribution in [0.2, 0.25) is 0 Å². The Hall–Kier alpha value is -3.82. The van der Waals surface area contributed by atoms with Crippen LogP contribution in [-0.4, -0.2) is 70.9 Å². The van der Waals surface area contributed by atoms with Gasteiger partial charge in [0, 0.05) is 53.7 Å². The quantitative estimate of drug-likeness (QED) is 0.0970. The predicted molar refractivity (Wildman–Crippen MR) is 154 cm³/mol. The summed E-state index contributed by atoms with van der Waals surface area (Å²) < 4.78 is 191. The predicted octanol–water partition coefficient (Wildman–Crippen LogP) is 9.64. The summed E-state index contributed by atoms with van der Waals surface area (Å²) in [4.78, 5) is 34.9. The Labute approximate surface area is 282 Å². The summed E-state index contributed by atoms with van der Waals surface area (Å²) in [6.45, 7) is -4.83. The van der Waals surface area contributed by atoms with Crippen molar-refractivity contribution in [1.29, 1.82) is 0 Å². The number of carbonyl (C=O) groups excluding carboxylic acids is 2. The Morgan fingerprint density at radius 3 is 1.14 bits per heavy atom. The second-order valence-corrected chi connectivity index (χ2v) is 13.1. The fraction of sp³-hybridized carbons (Fsp3) is 0.286. The number of halogens is 16. The van der Waals surface area contributed by atoms with Crippen molar-refractivity contribution in [2.45, 2.75) is 36.0 Å². The Morgan fingerprint density at radius 1 is 0.520 bits per heavy atom. The average molecular weight is 858 g/mol. The maximum Gasteiger partial charge on any atom is 0.459 e. The van der Waals surface area contributed by atoms with Crippen LogP contribution >= 0.6 is 31.9 Å². The Balaban J connectivity index is 1.47. The molecule has 264 valence electrons. The maximum absolute atomic E-state index is 14.6. The van der Waals surface area contributed by atoms with Gasteiger partial charge < -0.3 is 9.80 Å². The van der Waals surface area contributed by atoms with Crippen LogP contribution in [0.5, 0.6) is 0 Å². The van der Waals surface area contributed by atoms with Crippen LogP contribution in [0.3, 0.4) is 0 Å². The summed E-state index contributed by atoms with van der Waals surface area (Å²) >= 11 is 6.30. The number of carbonyl (C=O) groups is 2. The zero-order valence-electron chi connectivity index (χ0n) is 23.4. The summed E-state index contributed by atoms with van der Waals surface area (Å²) in [7, 11) is 0. The van der Waals surface area contributed by atoms with Crippen molar-refractivity contribution in [3.63, 3.8) is 0 Å². The smallest absolute Gasteiger partial charge is 0.301 e. The molecule has 4 heterocycles. The summed E-state index contributed by atoms with van der Waals surface area (Å²) in [6.07, 6.45) is -11.7. The second-order valence-electron chi connectivity index (χ2n) is 11.4. The number of fused-ring (bicyclic) bond motifs is 2. The molecule has 0 bridgehead atoms. The molecule has 0 aliphatic carbocycles. The van der Waals surface area contributed by atoms with Crippen LogP contribution in [0.15, 0.2) is 33.5 Å². The number of aromatic nitrogens is 2. The van der Waals surface area contributed by atoms with E-state index < -0.39 is 83.4 Å². The molecule has 0 N–H and O–H groups in total. The van der Waals surface area contributed by atoms with Crippen LogP contribution < -0.4 is 9.80 Å². The molecule has 3 aromatic carbocycles. The van der Waals surface area contributed by atoms with Gasteiger partial charge in [-0.15, -0.1) is 0 Å². The van der Waals surface area contributed by atoms with Crippen molar-refractivity contribution in [2.75, 3.05) is 22.9 Å². The number of amides is 2. The Kier molecular flexibility index (Phi) is 6.88. The van der Waals surface area contributed by atoms with E-state index in [1.54, 1.807) is 0 Å². The molecule has 22 heteroatoms. The molecule has 0 fully saturated rings. The van der Waals surface area contributed by atoms with Crippen molar-refractivity contribution >= 4 is 98.4 Å². The number of hydrogen-bond donors (Lipinski definition) is 0. The molecule has 2 amide bonds. The van der Waals surface area contributed by atoms with E-state index in [0.29, 0.717) is 0 Å². The van der Waals surface area contributed by atoms with E-state index in [-0.39, 0.29) is 62.1 Å². The molecule has 6 nitrogen and oxygen atoms in total. The third-order valence-electron chi connectivity index (χ3n) is 8.53. The van der Waals surface area contributed by atoms with Crippen molar-refractivity contribution in [1.82, 2.24) is 9.97 Å². The molecule has 0 unspecified atom stereocenters. The standard InChI is InChI=1S/C28H8Br2F14N4O2/c29-9-1-11-13-7(21(49)47(11)5-23(31,32)25(35,36)27(39,40)41)3-46-20-16-10(30)2-12-14-8(4-45-19(18(14)16)15(9)17(13)20)22(50)48(12)6-24(33,34)26(37,38)28(42,43)44/h1-4H,5-6H2. The molecule has 50 heavy (non-hydrogen) atoms. The van der Waals surface area contributed by atoms with Gasteiger partial charge in [0.05, 0.1) is 46.6 Å². The Bertz CT molecular complexity index is 2200. The van der Waals surface area contributed by atoms with E-state index in [9.17, 15) is 71.1 Å². The van der Waals surface area contributed by atoms with E-state index in [1.807, 2.05) is 0 Å². The van der Waals surface area contributed by atoms with Crippen LogP contribution in [0, 0.1) is 0 Å². The van der Waals surface area contributed by atoms with Crippen molar-refractivity contribution in [3.8, 4) is 0 Å². The molecule has 0 atom stereocenters. The summed E-state index contributed by atoms with van der Waals surface area (Å²) in [6, 6.07) is 1.89. The first kappa shape index (κ1) is 34.6. The molecule has 0 spiro atoms. The molecule has 5 aromatic rings. The van der Waals surface area contributed by atoms with Crippen LogP contribution in [-0.2, 0) is 0 Å². The number of anilines is 2. The van der Waals surface area contributed by atoms with Gasteiger partial charge in [0.2, 0.25) is 0 Å². The highest BCUT2D eigenvalue weighted by atomic mass is 79.9. The highest BCUT2D eigenvalue weighted by Crippen LogP contribution is 2.55. The number of nitrogens with zero attached hydrogens (tertiary/aromatic N) is 4. The molecule has 0 saturated carbocycles. The molecule has 0 radical (unpaired) electrons. The van der Waals surface area contributed by atoms with Crippen molar-refractivity contribution in [3.05, 3.63) is 44.6 Å². The first-order valence-corrected chi connectivity index (χ1v) is 14.9. The third kappa shape index (κ3) is 4.19. The number of hydrogen-bond acceptors (Lipinski definition) is 4. The van der Waals surface area contributed by atoms with Crippen LogP contribution in [0.25, 0.3) is 43.4 Å². The SMILES string of the molecule is O=C1c2cnc3c4c(Br)cc5c6c(cnc(c7c(Br)cc(c2c37)N1CC(F)(F)C(F)(F)C(F)(F)F)c64)C(=O)N5CC(F)(F)C(F)(F)C(F)(F)F. The number of pyridine rings is 2. The van der Waals surface area contributed by atoms with Gasteiger partial charge in [-0.3, -0.25) is 19.6 Å². The van der Waals surface area contributed by atoms with Crippen LogP contribution in [0.1, 0.15) is 20.7 Å². The fourth-order valence-electron chi connectivity index (χ4n) is 6.24. The molecule has 2 aromatic heterocycles. The van der Waals surface area contributed by atoms with Gasteiger partial charge in [-0.05, 0) is 44.0 Å². The molecular weight excluding hydrogens is 850 g/mol. The zero-order chi connectivity index (χ0) is 37.0. The third-order valence-corrected chi connectivity index (χ3v) is 9.78. The van der Waals surface area contributed by atoms with E-state index in [0.717, 1.165) is 24.5 Å². The fourth-order valence-corrected chi connectivity index (χ4v) is 7.44. The van der Waals surface area contributed by atoms with Crippen LogP contribution in [0.4, 0.5) is 72.8 Å². The molecule has 2 aliphatic rings. The normalized spacial score (nSPS) is 16.2. The van der Waals surface area contributed by atoms with Gasteiger partial charge in [-0.2, -0.15) is 61.5 Å². The number of rotatable bonds is 6. The van der Waals surface area contributed by atoms with Gasteiger partial charge in [0.15, 0.2) is 0 Å². The molecule has 7 rings (SSSR count). The van der Waals surface area contributed by atoms with Gasteiger partial charge >= 0.3 is 36.0 Å².